The Morgan fingerprint density at radius 1 is 1.14 bits per heavy atom. The molecule has 0 bridgehead atoms. The van der Waals surface area contributed by atoms with Gasteiger partial charge in [0, 0.05) is 19.2 Å². The van der Waals surface area contributed by atoms with E-state index in [9.17, 15) is 4.79 Å². The number of ether oxygens (including phenoxy) is 1. The monoisotopic (exact) mass is 295 g/mol. The lowest BCUT2D eigenvalue weighted by Gasteiger charge is -2.01. The quantitative estimate of drug-likeness (QED) is 0.437. The molecule has 1 rings (SSSR count). The fraction of sp³-hybridized carbons (Fsp3) is 0.812. The van der Waals surface area contributed by atoms with E-state index in [-0.39, 0.29) is 5.97 Å². The molecule has 0 aliphatic carbocycles. The smallest absolute Gasteiger partial charge is 0.305 e. The van der Waals surface area contributed by atoms with E-state index in [1.54, 1.807) is 0 Å². The average molecular weight is 295 g/mol. The molecular weight excluding hydrogens is 266 g/mol. The highest BCUT2D eigenvalue weighted by atomic mass is 16.5. The van der Waals surface area contributed by atoms with Crippen LogP contribution in [0.3, 0.4) is 0 Å². The van der Waals surface area contributed by atoms with E-state index in [2.05, 4.69) is 17.2 Å². The minimum Gasteiger partial charge on any atom is -0.466 e. The number of aromatic nitrogens is 3. The van der Waals surface area contributed by atoms with Gasteiger partial charge in [-0.05, 0) is 26.2 Å². The molecule has 120 valence electrons. The van der Waals surface area contributed by atoms with Crippen molar-refractivity contribution in [1.29, 1.82) is 0 Å². The van der Waals surface area contributed by atoms with Crippen LogP contribution in [0.15, 0.2) is 6.20 Å². The van der Waals surface area contributed by atoms with E-state index in [0.717, 1.165) is 25.1 Å². The van der Waals surface area contributed by atoms with Gasteiger partial charge in [0.1, 0.15) is 0 Å². The number of carbonyl (C=O) groups excluding carboxylic acids is 1. The minimum atomic E-state index is -0.134. The Kier molecular flexibility index (Phi) is 9.49. The largest absolute Gasteiger partial charge is 0.466 e. The van der Waals surface area contributed by atoms with Crippen molar-refractivity contribution in [3.05, 3.63) is 11.9 Å². The van der Waals surface area contributed by atoms with E-state index < -0.39 is 0 Å². The van der Waals surface area contributed by atoms with Gasteiger partial charge in [-0.25, -0.2) is 0 Å². The maximum Gasteiger partial charge on any atom is 0.305 e. The number of hydrogen-bond acceptors (Lipinski definition) is 4. The topological polar surface area (TPSA) is 57.0 Å². The van der Waals surface area contributed by atoms with Crippen LogP contribution in [-0.2, 0) is 22.5 Å². The van der Waals surface area contributed by atoms with Crippen LogP contribution in [-0.4, -0.2) is 27.6 Å². The molecule has 0 N–H and O–H groups in total. The third-order valence-electron chi connectivity index (χ3n) is 3.45. The second kappa shape index (κ2) is 11.3. The molecule has 0 amide bonds. The molecular formula is C16H29N3O2. The van der Waals surface area contributed by atoms with Crippen molar-refractivity contribution in [2.75, 3.05) is 6.61 Å². The van der Waals surface area contributed by atoms with Crippen molar-refractivity contribution in [3.8, 4) is 0 Å². The van der Waals surface area contributed by atoms with E-state index in [4.69, 9.17) is 4.74 Å². The molecule has 0 atom stereocenters. The lowest BCUT2D eigenvalue weighted by Crippen LogP contribution is -2.06. The van der Waals surface area contributed by atoms with Gasteiger partial charge in [0.05, 0.1) is 12.3 Å². The van der Waals surface area contributed by atoms with Crippen LogP contribution < -0.4 is 0 Å². The zero-order valence-corrected chi connectivity index (χ0v) is 13.5. The molecule has 0 saturated carbocycles. The van der Waals surface area contributed by atoms with Crippen molar-refractivity contribution in [2.45, 2.75) is 78.2 Å². The number of hydrogen-bond donors (Lipinski definition) is 0. The highest BCUT2D eigenvalue weighted by Gasteiger charge is 2.04. The highest BCUT2D eigenvalue weighted by Crippen LogP contribution is 2.08. The van der Waals surface area contributed by atoms with Gasteiger partial charge in [0.15, 0.2) is 0 Å². The van der Waals surface area contributed by atoms with Crippen LogP contribution in [0, 0.1) is 0 Å². The summed E-state index contributed by atoms with van der Waals surface area (Å²) in [5.41, 5.74) is 1.06. The lowest BCUT2D eigenvalue weighted by atomic mass is 10.1. The average Bonchev–Trinajstić information content (AvgIpc) is 2.91. The van der Waals surface area contributed by atoms with Gasteiger partial charge in [-0.15, -0.1) is 5.10 Å². The summed E-state index contributed by atoms with van der Waals surface area (Å²) in [6.45, 7) is 5.23. The Balaban J connectivity index is 2.10. The van der Waals surface area contributed by atoms with Gasteiger partial charge >= 0.3 is 5.97 Å². The Morgan fingerprint density at radius 3 is 2.67 bits per heavy atom. The van der Waals surface area contributed by atoms with Crippen molar-refractivity contribution < 1.29 is 9.53 Å². The SMILES string of the molecule is CCCCCCCCc1cn(CCCC(=O)OCC)nn1. The molecule has 1 heterocycles. The van der Waals surface area contributed by atoms with Crippen molar-refractivity contribution in [3.63, 3.8) is 0 Å². The number of unbranched alkanes of at least 4 members (excludes halogenated alkanes) is 5. The summed E-state index contributed by atoms with van der Waals surface area (Å²) >= 11 is 0. The predicted molar refractivity (Wildman–Crippen MR) is 83.0 cm³/mol. The molecule has 0 fully saturated rings. The number of nitrogens with zero attached hydrogens (tertiary/aromatic N) is 3. The molecule has 21 heavy (non-hydrogen) atoms. The van der Waals surface area contributed by atoms with Gasteiger partial charge in [0.2, 0.25) is 0 Å². The van der Waals surface area contributed by atoms with Crippen molar-refractivity contribution >= 4 is 5.97 Å². The Bertz CT molecular complexity index is 391. The summed E-state index contributed by atoms with van der Waals surface area (Å²) in [5.74, 6) is -0.134. The molecule has 5 heteroatoms. The third kappa shape index (κ3) is 8.48. The first-order valence-corrected chi connectivity index (χ1v) is 8.30. The van der Waals surface area contributed by atoms with Crippen LogP contribution in [0.1, 0.15) is 70.9 Å². The summed E-state index contributed by atoms with van der Waals surface area (Å²) in [6.07, 6.45) is 12.0. The fourth-order valence-corrected chi connectivity index (χ4v) is 2.27. The highest BCUT2D eigenvalue weighted by molar-refractivity contribution is 5.69. The predicted octanol–water partition coefficient (Wildman–Crippen LogP) is 3.52. The fourth-order valence-electron chi connectivity index (χ4n) is 2.27. The molecule has 0 aliphatic rings. The second-order valence-electron chi connectivity index (χ2n) is 5.40. The molecule has 0 saturated heterocycles. The van der Waals surface area contributed by atoms with Gasteiger partial charge in [-0.3, -0.25) is 9.48 Å². The van der Waals surface area contributed by atoms with Gasteiger partial charge in [-0.2, -0.15) is 0 Å². The number of aryl methyl sites for hydroxylation is 2. The summed E-state index contributed by atoms with van der Waals surface area (Å²) < 4.78 is 6.72. The molecule has 1 aromatic rings. The molecule has 0 spiro atoms. The summed E-state index contributed by atoms with van der Waals surface area (Å²) in [6, 6.07) is 0. The first kappa shape index (κ1) is 17.7. The van der Waals surface area contributed by atoms with Crippen molar-refractivity contribution in [1.82, 2.24) is 15.0 Å². The van der Waals surface area contributed by atoms with Gasteiger partial charge in [0.25, 0.3) is 0 Å². The van der Waals surface area contributed by atoms with E-state index in [1.807, 2.05) is 17.8 Å². The normalized spacial score (nSPS) is 10.8. The second-order valence-corrected chi connectivity index (χ2v) is 5.40. The maximum atomic E-state index is 11.2. The maximum absolute atomic E-state index is 11.2. The molecule has 0 aromatic carbocycles. The van der Waals surface area contributed by atoms with Gasteiger partial charge < -0.3 is 4.74 Å². The standard InChI is InChI=1S/C16H29N3O2/c1-3-5-6-7-8-9-11-15-14-19(18-17-15)13-10-12-16(20)21-4-2/h14H,3-13H2,1-2H3. The Morgan fingerprint density at radius 2 is 1.90 bits per heavy atom. The number of rotatable bonds is 12. The first-order chi connectivity index (χ1) is 10.3. The van der Waals surface area contributed by atoms with Crippen LogP contribution in [0.5, 0.6) is 0 Å². The number of carbonyl (C=O) groups is 1. The first-order valence-electron chi connectivity index (χ1n) is 8.30. The van der Waals surface area contributed by atoms with E-state index in [0.29, 0.717) is 13.0 Å². The van der Waals surface area contributed by atoms with Crippen LogP contribution in [0.2, 0.25) is 0 Å². The van der Waals surface area contributed by atoms with Crippen LogP contribution >= 0.6 is 0 Å². The molecule has 5 nitrogen and oxygen atoms in total. The van der Waals surface area contributed by atoms with E-state index >= 15 is 0 Å². The zero-order valence-electron chi connectivity index (χ0n) is 13.5. The van der Waals surface area contributed by atoms with Crippen molar-refractivity contribution in [2.24, 2.45) is 0 Å². The van der Waals surface area contributed by atoms with Crippen LogP contribution in [0.25, 0.3) is 0 Å². The zero-order chi connectivity index (χ0) is 15.3. The summed E-state index contributed by atoms with van der Waals surface area (Å²) in [4.78, 5) is 11.2. The molecule has 0 unspecified atom stereocenters. The summed E-state index contributed by atoms with van der Waals surface area (Å²) in [5, 5.41) is 8.28. The molecule has 0 radical (unpaired) electrons. The van der Waals surface area contributed by atoms with E-state index in [1.165, 1.54) is 38.5 Å². The minimum absolute atomic E-state index is 0.134. The Labute approximate surface area is 128 Å². The summed E-state index contributed by atoms with van der Waals surface area (Å²) in [7, 11) is 0. The van der Waals surface area contributed by atoms with Gasteiger partial charge in [-0.1, -0.05) is 44.2 Å². The third-order valence-corrected chi connectivity index (χ3v) is 3.45. The molecule has 1 aromatic heterocycles. The number of esters is 1. The molecule has 0 aliphatic heterocycles. The lowest BCUT2D eigenvalue weighted by molar-refractivity contribution is -0.143. The Hall–Kier alpha value is -1.39. The van der Waals surface area contributed by atoms with Crippen LogP contribution in [0.4, 0.5) is 0 Å².